The van der Waals surface area contributed by atoms with Gasteiger partial charge in [0.15, 0.2) is 6.61 Å². The van der Waals surface area contributed by atoms with E-state index in [9.17, 15) is 9.59 Å². The number of esters is 1. The van der Waals surface area contributed by atoms with E-state index in [1.807, 2.05) is 45.0 Å². The lowest BCUT2D eigenvalue weighted by Crippen LogP contribution is -2.21. The van der Waals surface area contributed by atoms with Gasteiger partial charge in [0, 0.05) is 20.7 Å². The summed E-state index contributed by atoms with van der Waals surface area (Å²) in [5.74, 6) is 0.427. The van der Waals surface area contributed by atoms with Crippen molar-refractivity contribution in [3.63, 3.8) is 0 Å². The molecule has 1 aromatic heterocycles. The highest BCUT2D eigenvalue weighted by Crippen LogP contribution is 2.29. The minimum absolute atomic E-state index is 0.373. The maximum Gasteiger partial charge on any atom is 0.339 e. The van der Waals surface area contributed by atoms with Crippen LogP contribution < -0.4 is 5.32 Å². The molecular formula is C22H21BrN2O4S. The van der Waals surface area contributed by atoms with E-state index in [-0.39, 0.29) is 6.61 Å². The molecule has 0 fully saturated rings. The first kappa shape index (κ1) is 22.1. The van der Waals surface area contributed by atoms with E-state index in [1.165, 1.54) is 11.8 Å². The molecule has 0 aliphatic heterocycles. The molecule has 0 atom stereocenters. The lowest BCUT2D eigenvalue weighted by atomic mass is 10.2. The first-order valence-corrected chi connectivity index (χ1v) is 11.0. The molecule has 2 aromatic carbocycles. The van der Waals surface area contributed by atoms with Crippen LogP contribution in [-0.4, -0.2) is 23.6 Å². The molecule has 1 heterocycles. The molecule has 0 saturated carbocycles. The fourth-order valence-electron chi connectivity index (χ4n) is 2.74. The molecule has 3 aromatic rings. The molecule has 156 valence electrons. The molecule has 0 bridgehead atoms. The molecule has 0 saturated heterocycles. The van der Waals surface area contributed by atoms with E-state index < -0.39 is 11.9 Å². The monoisotopic (exact) mass is 488 g/mol. The van der Waals surface area contributed by atoms with Crippen molar-refractivity contribution in [2.75, 3.05) is 11.9 Å². The van der Waals surface area contributed by atoms with Gasteiger partial charge in [-0.2, -0.15) is 0 Å². The number of benzene rings is 2. The first-order chi connectivity index (χ1) is 14.3. The Morgan fingerprint density at radius 1 is 1.17 bits per heavy atom. The summed E-state index contributed by atoms with van der Waals surface area (Å²) >= 11 is 4.90. The van der Waals surface area contributed by atoms with Gasteiger partial charge in [-0.1, -0.05) is 23.4 Å². The first-order valence-electron chi connectivity index (χ1n) is 9.22. The molecule has 30 heavy (non-hydrogen) atoms. The van der Waals surface area contributed by atoms with Gasteiger partial charge >= 0.3 is 5.97 Å². The zero-order valence-corrected chi connectivity index (χ0v) is 19.2. The number of carbonyl (C=O) groups is 2. The number of carbonyl (C=O) groups excluding carboxylic acids is 2. The van der Waals surface area contributed by atoms with Crippen LogP contribution in [0.15, 0.2) is 56.4 Å². The van der Waals surface area contributed by atoms with Gasteiger partial charge in [-0.15, -0.1) is 11.8 Å². The second kappa shape index (κ2) is 9.95. The van der Waals surface area contributed by atoms with E-state index in [1.54, 1.807) is 18.2 Å². The van der Waals surface area contributed by atoms with Crippen LogP contribution in [0.4, 0.5) is 5.69 Å². The number of halogens is 1. The summed E-state index contributed by atoms with van der Waals surface area (Å²) in [7, 11) is 0. The minimum atomic E-state index is -0.546. The van der Waals surface area contributed by atoms with Crippen molar-refractivity contribution in [3.05, 3.63) is 75.1 Å². The maximum absolute atomic E-state index is 12.6. The Kier molecular flexibility index (Phi) is 7.33. The molecule has 3 rings (SSSR count). The Labute approximate surface area is 187 Å². The van der Waals surface area contributed by atoms with Crippen molar-refractivity contribution in [2.45, 2.75) is 31.4 Å². The van der Waals surface area contributed by atoms with Crippen molar-refractivity contribution in [1.29, 1.82) is 0 Å². The molecule has 0 radical (unpaired) electrons. The van der Waals surface area contributed by atoms with Crippen LogP contribution >= 0.6 is 27.7 Å². The summed E-state index contributed by atoms with van der Waals surface area (Å²) in [6, 6.07) is 12.7. The quantitative estimate of drug-likeness (QED) is 0.351. The zero-order valence-electron chi connectivity index (χ0n) is 16.8. The molecular weight excluding hydrogens is 468 g/mol. The predicted octanol–water partition coefficient (Wildman–Crippen LogP) is 5.45. The third-order valence-electron chi connectivity index (χ3n) is 4.39. The second-order valence-electron chi connectivity index (χ2n) is 6.70. The van der Waals surface area contributed by atoms with Gasteiger partial charge < -0.3 is 14.6 Å². The standard InChI is InChI=1S/C22H21BrN2O4S/c1-13-8-9-19(18(23)10-13)24-21(26)11-28-22(27)16-6-4-5-7-20(16)30-12-17-14(2)25-29-15(17)3/h4-10H,11-12H2,1-3H3,(H,24,26). The number of hydrogen-bond acceptors (Lipinski definition) is 6. The van der Waals surface area contributed by atoms with Gasteiger partial charge in [-0.25, -0.2) is 4.79 Å². The fraction of sp³-hybridized carbons (Fsp3) is 0.227. The Hall–Kier alpha value is -2.58. The third kappa shape index (κ3) is 5.52. The highest BCUT2D eigenvalue weighted by molar-refractivity contribution is 9.10. The summed E-state index contributed by atoms with van der Waals surface area (Å²) in [5, 5.41) is 6.68. The normalized spacial score (nSPS) is 10.7. The molecule has 1 N–H and O–H groups in total. The highest BCUT2D eigenvalue weighted by Gasteiger charge is 2.17. The number of rotatable bonds is 7. The average Bonchev–Trinajstić information content (AvgIpc) is 3.04. The SMILES string of the molecule is Cc1ccc(NC(=O)COC(=O)c2ccccc2SCc2c(C)noc2C)c(Br)c1. The van der Waals surface area contributed by atoms with Crippen molar-refractivity contribution in [3.8, 4) is 0 Å². The smallest absolute Gasteiger partial charge is 0.339 e. The zero-order chi connectivity index (χ0) is 21.7. The lowest BCUT2D eigenvalue weighted by Gasteiger charge is -2.11. The molecule has 8 heteroatoms. The van der Waals surface area contributed by atoms with E-state index in [4.69, 9.17) is 9.26 Å². The minimum Gasteiger partial charge on any atom is -0.452 e. The number of anilines is 1. The van der Waals surface area contributed by atoms with Crippen LogP contribution in [0.5, 0.6) is 0 Å². The summed E-state index contributed by atoms with van der Waals surface area (Å²) in [6.45, 7) is 5.33. The summed E-state index contributed by atoms with van der Waals surface area (Å²) in [4.78, 5) is 25.5. The van der Waals surface area contributed by atoms with Crippen LogP contribution in [0.3, 0.4) is 0 Å². The van der Waals surface area contributed by atoms with E-state index in [2.05, 4.69) is 26.4 Å². The Balaban J connectivity index is 1.61. The number of ether oxygens (including phenoxy) is 1. The molecule has 0 spiro atoms. The van der Waals surface area contributed by atoms with Gasteiger partial charge in [0.25, 0.3) is 5.91 Å². The van der Waals surface area contributed by atoms with Crippen molar-refractivity contribution >= 4 is 45.3 Å². The fourth-order valence-corrected chi connectivity index (χ4v) is 4.52. The number of hydrogen-bond donors (Lipinski definition) is 1. The van der Waals surface area contributed by atoms with E-state index >= 15 is 0 Å². The summed E-state index contributed by atoms with van der Waals surface area (Å²) in [6.07, 6.45) is 0. The topological polar surface area (TPSA) is 81.4 Å². The van der Waals surface area contributed by atoms with Gasteiger partial charge in [-0.3, -0.25) is 4.79 Å². The number of amides is 1. The lowest BCUT2D eigenvalue weighted by molar-refractivity contribution is -0.119. The third-order valence-corrected chi connectivity index (χ3v) is 6.15. The second-order valence-corrected chi connectivity index (χ2v) is 8.57. The van der Waals surface area contributed by atoms with Crippen LogP contribution in [0.2, 0.25) is 0 Å². The number of nitrogens with one attached hydrogen (secondary N) is 1. The van der Waals surface area contributed by atoms with Gasteiger partial charge in [0.1, 0.15) is 5.76 Å². The van der Waals surface area contributed by atoms with E-state index in [0.29, 0.717) is 17.0 Å². The number of thioether (sulfide) groups is 1. The summed E-state index contributed by atoms with van der Waals surface area (Å²) < 4.78 is 11.2. The van der Waals surface area contributed by atoms with E-state index in [0.717, 1.165) is 31.9 Å². The predicted molar refractivity (Wildman–Crippen MR) is 120 cm³/mol. The Morgan fingerprint density at radius 2 is 1.93 bits per heavy atom. The molecule has 0 aliphatic rings. The molecule has 1 amide bonds. The van der Waals surface area contributed by atoms with Crippen molar-refractivity contribution in [2.24, 2.45) is 0 Å². The molecule has 6 nitrogen and oxygen atoms in total. The Morgan fingerprint density at radius 3 is 2.63 bits per heavy atom. The van der Waals surface area contributed by atoms with Gasteiger partial charge in [0.05, 0.1) is 16.9 Å². The number of nitrogens with zero attached hydrogens (tertiary/aromatic N) is 1. The number of aromatic nitrogens is 1. The molecule has 0 unspecified atom stereocenters. The van der Waals surface area contributed by atoms with Crippen LogP contribution in [0.1, 0.15) is 32.9 Å². The van der Waals surface area contributed by atoms with Crippen LogP contribution in [0, 0.1) is 20.8 Å². The average molecular weight is 489 g/mol. The maximum atomic E-state index is 12.6. The van der Waals surface area contributed by atoms with Crippen LogP contribution in [-0.2, 0) is 15.3 Å². The molecule has 0 aliphatic carbocycles. The van der Waals surface area contributed by atoms with Gasteiger partial charge in [-0.05, 0) is 66.5 Å². The summed E-state index contributed by atoms with van der Waals surface area (Å²) in [5.41, 5.74) is 3.94. The van der Waals surface area contributed by atoms with Crippen LogP contribution in [0.25, 0.3) is 0 Å². The van der Waals surface area contributed by atoms with Crippen molar-refractivity contribution < 1.29 is 18.8 Å². The largest absolute Gasteiger partial charge is 0.452 e. The van der Waals surface area contributed by atoms with Crippen molar-refractivity contribution in [1.82, 2.24) is 5.16 Å². The van der Waals surface area contributed by atoms with Gasteiger partial charge in [0.2, 0.25) is 0 Å². The number of aryl methyl sites for hydroxylation is 3. The Bertz CT molecular complexity index is 1060. The highest BCUT2D eigenvalue weighted by atomic mass is 79.9.